The molecule has 0 aliphatic carbocycles. The van der Waals surface area contributed by atoms with E-state index < -0.39 is 0 Å². The molecule has 2 rings (SSSR count). The van der Waals surface area contributed by atoms with Crippen molar-refractivity contribution in [1.29, 1.82) is 0 Å². The summed E-state index contributed by atoms with van der Waals surface area (Å²) in [5.41, 5.74) is 2.33. The minimum atomic E-state index is -0.0903. The van der Waals surface area contributed by atoms with Gasteiger partial charge in [0, 0.05) is 10.7 Å². The quantitative estimate of drug-likeness (QED) is 0.878. The van der Waals surface area contributed by atoms with Crippen LogP contribution in [0, 0.1) is 0 Å². The number of aromatic nitrogens is 2. The maximum Gasteiger partial charge on any atom is 0.234 e. The van der Waals surface area contributed by atoms with Gasteiger partial charge >= 0.3 is 0 Å². The zero-order valence-corrected chi connectivity index (χ0v) is 11.0. The number of thioether (sulfide) groups is 1. The molecule has 0 radical (unpaired) electrons. The first kappa shape index (κ1) is 12.3. The largest absolute Gasteiger partial charge is 0.325 e. The Bertz CT molecular complexity index is 504. The Balaban J connectivity index is 1.85. The summed E-state index contributed by atoms with van der Waals surface area (Å²) in [7, 11) is 0. The molecule has 0 bridgehead atoms. The van der Waals surface area contributed by atoms with Crippen molar-refractivity contribution >= 4 is 46.3 Å². The predicted molar refractivity (Wildman–Crippen MR) is 70.7 cm³/mol. The van der Waals surface area contributed by atoms with Crippen LogP contribution in [0.5, 0.6) is 0 Å². The zero-order valence-electron chi connectivity index (χ0n) is 8.59. The Morgan fingerprint density at radius 1 is 1.53 bits per heavy atom. The summed E-state index contributed by atoms with van der Waals surface area (Å²) in [5, 5.41) is 10.9. The molecule has 1 amide bonds. The fourth-order valence-electron chi connectivity index (χ4n) is 1.12. The molecule has 0 fully saturated rings. The molecule has 2 aromatic rings. The molecule has 4 nitrogen and oxygen atoms in total. The normalized spacial score (nSPS) is 10.2. The van der Waals surface area contributed by atoms with E-state index in [1.807, 2.05) is 0 Å². The molecular weight excluding hydrogens is 278 g/mol. The molecule has 1 aromatic carbocycles. The van der Waals surface area contributed by atoms with E-state index in [4.69, 9.17) is 11.6 Å². The van der Waals surface area contributed by atoms with Crippen molar-refractivity contribution in [2.75, 3.05) is 11.1 Å². The first-order valence-electron chi connectivity index (χ1n) is 4.68. The molecule has 17 heavy (non-hydrogen) atoms. The van der Waals surface area contributed by atoms with Crippen molar-refractivity contribution < 1.29 is 4.79 Å². The molecule has 0 saturated heterocycles. The van der Waals surface area contributed by atoms with E-state index in [1.165, 1.54) is 23.1 Å². The summed E-state index contributed by atoms with van der Waals surface area (Å²) in [5.74, 6) is 0.217. The van der Waals surface area contributed by atoms with Crippen LogP contribution < -0.4 is 5.32 Å². The van der Waals surface area contributed by atoms with Crippen LogP contribution in [-0.4, -0.2) is 21.9 Å². The minimum Gasteiger partial charge on any atom is -0.325 e. The van der Waals surface area contributed by atoms with Crippen molar-refractivity contribution in [3.8, 4) is 0 Å². The van der Waals surface area contributed by atoms with E-state index >= 15 is 0 Å². The van der Waals surface area contributed by atoms with E-state index in [0.717, 1.165) is 4.34 Å². The van der Waals surface area contributed by atoms with Crippen LogP contribution >= 0.6 is 34.7 Å². The molecule has 0 aliphatic heterocycles. The van der Waals surface area contributed by atoms with Crippen LogP contribution in [0.3, 0.4) is 0 Å². The highest BCUT2D eigenvalue weighted by atomic mass is 35.5. The highest BCUT2D eigenvalue weighted by Crippen LogP contribution is 2.19. The maximum atomic E-state index is 11.6. The van der Waals surface area contributed by atoms with Gasteiger partial charge in [0.25, 0.3) is 0 Å². The number of anilines is 1. The third-order valence-electron chi connectivity index (χ3n) is 1.78. The van der Waals surface area contributed by atoms with Gasteiger partial charge in [0.15, 0.2) is 4.34 Å². The van der Waals surface area contributed by atoms with Crippen LogP contribution in [-0.2, 0) is 4.79 Å². The van der Waals surface area contributed by atoms with Crippen LogP contribution in [0.4, 0.5) is 5.69 Å². The summed E-state index contributed by atoms with van der Waals surface area (Å²) in [6, 6.07) is 7.04. The second kappa shape index (κ2) is 6.00. The number of nitrogens with one attached hydrogen (secondary N) is 1. The van der Waals surface area contributed by atoms with Gasteiger partial charge in [0.05, 0.1) is 5.75 Å². The molecule has 7 heteroatoms. The monoisotopic (exact) mass is 285 g/mol. The molecule has 1 aromatic heterocycles. The van der Waals surface area contributed by atoms with Gasteiger partial charge in [0.2, 0.25) is 5.91 Å². The number of rotatable bonds is 4. The molecule has 0 saturated carbocycles. The lowest BCUT2D eigenvalue weighted by atomic mass is 10.3. The van der Waals surface area contributed by atoms with Crippen molar-refractivity contribution in [3.05, 3.63) is 34.8 Å². The van der Waals surface area contributed by atoms with Gasteiger partial charge in [-0.3, -0.25) is 4.79 Å². The molecular formula is C10H8ClN3OS2. The smallest absolute Gasteiger partial charge is 0.234 e. The first-order valence-corrected chi connectivity index (χ1v) is 6.93. The number of benzene rings is 1. The molecule has 88 valence electrons. The lowest BCUT2D eigenvalue weighted by molar-refractivity contribution is -0.113. The average molecular weight is 286 g/mol. The standard InChI is InChI=1S/C10H8ClN3OS2/c11-7-2-1-3-8(4-7)13-9(15)5-16-10-14-12-6-17-10/h1-4,6H,5H2,(H,13,15). The van der Waals surface area contributed by atoms with E-state index in [0.29, 0.717) is 16.5 Å². The lowest BCUT2D eigenvalue weighted by Crippen LogP contribution is -2.13. The van der Waals surface area contributed by atoms with Crippen LogP contribution in [0.2, 0.25) is 5.02 Å². The molecule has 0 aliphatic rings. The molecule has 0 unspecified atom stereocenters. The first-order chi connectivity index (χ1) is 8.24. The summed E-state index contributed by atoms with van der Waals surface area (Å²) in [6.07, 6.45) is 0. The van der Waals surface area contributed by atoms with E-state index in [2.05, 4.69) is 15.5 Å². The predicted octanol–water partition coefficient (Wildman–Crippen LogP) is 2.92. The van der Waals surface area contributed by atoms with E-state index in [1.54, 1.807) is 29.8 Å². The van der Waals surface area contributed by atoms with E-state index in [9.17, 15) is 4.79 Å². The molecule has 1 N–H and O–H groups in total. The Morgan fingerprint density at radius 2 is 2.41 bits per heavy atom. The summed E-state index contributed by atoms with van der Waals surface area (Å²) < 4.78 is 0.784. The number of hydrogen-bond donors (Lipinski definition) is 1. The van der Waals surface area contributed by atoms with Gasteiger partial charge in [-0.15, -0.1) is 10.2 Å². The van der Waals surface area contributed by atoms with Crippen LogP contribution in [0.25, 0.3) is 0 Å². The minimum absolute atomic E-state index is 0.0903. The maximum absolute atomic E-state index is 11.6. The third kappa shape index (κ3) is 3.99. The number of halogens is 1. The van der Waals surface area contributed by atoms with Gasteiger partial charge in [-0.1, -0.05) is 40.8 Å². The summed E-state index contributed by atoms with van der Waals surface area (Å²) in [6.45, 7) is 0. The Morgan fingerprint density at radius 3 is 3.12 bits per heavy atom. The van der Waals surface area contributed by atoms with Crippen molar-refractivity contribution in [2.45, 2.75) is 4.34 Å². The average Bonchev–Trinajstić information content (AvgIpc) is 2.79. The second-order valence-corrected chi connectivity index (χ2v) is 5.54. The highest BCUT2D eigenvalue weighted by Gasteiger charge is 2.05. The third-order valence-corrected chi connectivity index (χ3v) is 3.87. The van der Waals surface area contributed by atoms with Gasteiger partial charge < -0.3 is 5.32 Å². The van der Waals surface area contributed by atoms with Crippen molar-refractivity contribution in [2.24, 2.45) is 0 Å². The van der Waals surface area contributed by atoms with Crippen LogP contribution in [0.1, 0.15) is 0 Å². The number of hydrogen-bond acceptors (Lipinski definition) is 5. The molecule has 1 heterocycles. The zero-order chi connectivity index (χ0) is 12.1. The summed E-state index contributed by atoms with van der Waals surface area (Å²) in [4.78, 5) is 11.6. The van der Waals surface area contributed by atoms with Crippen molar-refractivity contribution in [3.63, 3.8) is 0 Å². The topological polar surface area (TPSA) is 54.9 Å². The molecule has 0 atom stereocenters. The number of nitrogens with zero attached hydrogens (tertiary/aromatic N) is 2. The number of amides is 1. The van der Waals surface area contributed by atoms with Crippen molar-refractivity contribution in [1.82, 2.24) is 10.2 Å². The van der Waals surface area contributed by atoms with Gasteiger partial charge in [-0.25, -0.2) is 0 Å². The van der Waals surface area contributed by atoms with Gasteiger partial charge in [-0.2, -0.15) is 0 Å². The number of carbonyl (C=O) groups excluding carboxylic acids is 1. The Hall–Kier alpha value is -1.11. The summed E-state index contributed by atoms with van der Waals surface area (Å²) >= 11 is 8.59. The van der Waals surface area contributed by atoms with E-state index in [-0.39, 0.29) is 5.91 Å². The number of carbonyl (C=O) groups is 1. The Kier molecular flexibility index (Phi) is 4.36. The van der Waals surface area contributed by atoms with Gasteiger partial charge in [0.1, 0.15) is 5.51 Å². The lowest BCUT2D eigenvalue weighted by Gasteiger charge is -2.03. The SMILES string of the molecule is O=C(CSc1nncs1)Nc1cccc(Cl)c1. The molecule has 0 spiro atoms. The van der Waals surface area contributed by atoms with Gasteiger partial charge in [-0.05, 0) is 18.2 Å². The second-order valence-electron chi connectivity index (χ2n) is 3.05. The van der Waals surface area contributed by atoms with Crippen LogP contribution in [0.15, 0.2) is 34.1 Å². The fraction of sp³-hybridized carbons (Fsp3) is 0.100. The Labute approximate surface area is 111 Å². The fourth-order valence-corrected chi connectivity index (χ4v) is 2.60. The highest BCUT2D eigenvalue weighted by molar-refractivity contribution is 8.01.